The summed E-state index contributed by atoms with van der Waals surface area (Å²) in [6.45, 7) is 4.14. The highest BCUT2D eigenvalue weighted by Gasteiger charge is 2.34. The molecule has 1 atom stereocenters. The van der Waals surface area contributed by atoms with E-state index >= 15 is 0 Å². The SMILES string of the molecule is C=CCC(C(=O)Nc1ccc(OC)c(OCCC2CCC(F)(F)CC2)c1)c1ccc(Cl)c(Cl)c1. The van der Waals surface area contributed by atoms with E-state index in [-0.39, 0.29) is 24.7 Å². The third-order valence-corrected chi connectivity index (χ3v) is 6.86. The fraction of sp³-hybridized carbons (Fsp3) is 0.423. The van der Waals surface area contributed by atoms with Crippen LogP contribution in [0.25, 0.3) is 0 Å². The van der Waals surface area contributed by atoms with E-state index in [4.69, 9.17) is 32.7 Å². The molecule has 1 N–H and O–H groups in total. The molecule has 184 valence electrons. The fourth-order valence-electron chi connectivity index (χ4n) is 4.11. The predicted octanol–water partition coefficient (Wildman–Crippen LogP) is 7.89. The largest absolute Gasteiger partial charge is 0.493 e. The molecule has 8 heteroatoms. The van der Waals surface area contributed by atoms with Crippen molar-refractivity contribution in [3.8, 4) is 11.5 Å². The minimum absolute atomic E-state index is 0.0623. The minimum Gasteiger partial charge on any atom is -0.493 e. The zero-order valence-electron chi connectivity index (χ0n) is 19.1. The summed E-state index contributed by atoms with van der Waals surface area (Å²) in [7, 11) is 1.54. The number of ether oxygens (including phenoxy) is 2. The number of amides is 1. The number of nitrogens with one attached hydrogen (secondary N) is 1. The van der Waals surface area contributed by atoms with Crippen molar-refractivity contribution in [3.63, 3.8) is 0 Å². The molecule has 2 aromatic rings. The van der Waals surface area contributed by atoms with Gasteiger partial charge in [0.15, 0.2) is 11.5 Å². The first-order valence-corrected chi connectivity index (χ1v) is 12.0. The van der Waals surface area contributed by atoms with Crippen molar-refractivity contribution < 1.29 is 23.0 Å². The second-order valence-corrected chi connectivity index (χ2v) is 9.36. The lowest BCUT2D eigenvalue weighted by Gasteiger charge is -2.28. The molecule has 1 fully saturated rings. The first-order chi connectivity index (χ1) is 16.2. The van der Waals surface area contributed by atoms with Crippen LogP contribution in [0.2, 0.25) is 10.0 Å². The summed E-state index contributed by atoms with van der Waals surface area (Å²) >= 11 is 12.1. The van der Waals surface area contributed by atoms with Crippen molar-refractivity contribution in [2.24, 2.45) is 5.92 Å². The molecule has 1 aliphatic carbocycles. The maximum atomic E-state index is 13.4. The molecule has 1 unspecified atom stereocenters. The van der Waals surface area contributed by atoms with Gasteiger partial charge >= 0.3 is 0 Å². The Kier molecular flexibility index (Phi) is 9.20. The summed E-state index contributed by atoms with van der Waals surface area (Å²) in [5, 5.41) is 3.71. The Balaban J connectivity index is 1.65. The zero-order valence-corrected chi connectivity index (χ0v) is 20.6. The molecule has 0 aromatic heterocycles. The van der Waals surface area contributed by atoms with Gasteiger partial charge in [-0.2, -0.15) is 0 Å². The summed E-state index contributed by atoms with van der Waals surface area (Å²) in [5.41, 5.74) is 1.28. The standard InChI is InChI=1S/C26H29Cl2F2NO3/c1-3-4-20(18-5-7-21(27)22(28)15-18)25(32)31-19-6-8-23(33-2)24(16-19)34-14-11-17-9-12-26(29,30)13-10-17/h3,5-8,15-17,20H,1,4,9-14H2,2H3,(H,31,32). The van der Waals surface area contributed by atoms with Gasteiger partial charge in [-0.15, -0.1) is 6.58 Å². The van der Waals surface area contributed by atoms with Gasteiger partial charge in [0, 0.05) is 24.6 Å². The summed E-state index contributed by atoms with van der Waals surface area (Å²) in [6.07, 6.45) is 3.67. The molecule has 2 aromatic carbocycles. The van der Waals surface area contributed by atoms with Gasteiger partial charge in [-0.25, -0.2) is 8.78 Å². The molecule has 3 rings (SSSR count). The van der Waals surface area contributed by atoms with Gasteiger partial charge in [0.05, 0.1) is 29.7 Å². The Morgan fingerprint density at radius 1 is 1.18 bits per heavy atom. The van der Waals surface area contributed by atoms with Crippen LogP contribution in [0.5, 0.6) is 11.5 Å². The van der Waals surface area contributed by atoms with Crippen LogP contribution in [0, 0.1) is 5.92 Å². The number of benzene rings is 2. The van der Waals surface area contributed by atoms with Crippen LogP contribution in [0.3, 0.4) is 0 Å². The number of anilines is 1. The maximum absolute atomic E-state index is 13.4. The monoisotopic (exact) mass is 511 g/mol. The lowest BCUT2D eigenvalue weighted by Crippen LogP contribution is -2.25. The molecule has 1 amide bonds. The molecule has 0 saturated heterocycles. The van der Waals surface area contributed by atoms with E-state index in [1.54, 1.807) is 42.5 Å². The van der Waals surface area contributed by atoms with E-state index in [0.29, 0.717) is 59.5 Å². The van der Waals surface area contributed by atoms with Gasteiger partial charge in [0.25, 0.3) is 0 Å². The van der Waals surface area contributed by atoms with Crippen molar-refractivity contribution >= 4 is 34.8 Å². The quantitative estimate of drug-likeness (QED) is 0.329. The third kappa shape index (κ3) is 7.09. The molecule has 0 spiro atoms. The van der Waals surface area contributed by atoms with Gasteiger partial charge < -0.3 is 14.8 Å². The van der Waals surface area contributed by atoms with E-state index in [9.17, 15) is 13.6 Å². The molecule has 34 heavy (non-hydrogen) atoms. The topological polar surface area (TPSA) is 47.6 Å². The van der Waals surface area contributed by atoms with Crippen molar-refractivity contribution in [3.05, 3.63) is 64.7 Å². The third-order valence-electron chi connectivity index (χ3n) is 6.12. The highest BCUT2D eigenvalue weighted by Crippen LogP contribution is 2.38. The van der Waals surface area contributed by atoms with E-state index in [0.717, 1.165) is 5.56 Å². The van der Waals surface area contributed by atoms with Crippen molar-refractivity contribution in [1.29, 1.82) is 0 Å². The second-order valence-electron chi connectivity index (χ2n) is 8.54. The molecule has 0 aliphatic heterocycles. The van der Waals surface area contributed by atoms with E-state index in [1.165, 1.54) is 7.11 Å². The Morgan fingerprint density at radius 2 is 1.91 bits per heavy atom. The first kappa shape index (κ1) is 26.3. The average Bonchev–Trinajstić information content (AvgIpc) is 2.80. The number of hydrogen-bond acceptors (Lipinski definition) is 3. The Morgan fingerprint density at radius 3 is 2.56 bits per heavy atom. The number of carbonyl (C=O) groups excluding carboxylic acids is 1. The van der Waals surface area contributed by atoms with Crippen molar-refractivity contribution in [2.45, 2.75) is 50.4 Å². The van der Waals surface area contributed by atoms with Crippen LogP contribution in [0.4, 0.5) is 14.5 Å². The van der Waals surface area contributed by atoms with Crippen LogP contribution in [0.1, 0.15) is 50.0 Å². The number of alkyl halides is 2. The second kappa shape index (κ2) is 11.9. The summed E-state index contributed by atoms with van der Waals surface area (Å²) in [4.78, 5) is 13.1. The zero-order chi connectivity index (χ0) is 24.7. The summed E-state index contributed by atoms with van der Waals surface area (Å²) < 4.78 is 38.0. The molecule has 0 radical (unpaired) electrons. The molecule has 0 bridgehead atoms. The maximum Gasteiger partial charge on any atom is 0.248 e. The molecule has 1 aliphatic rings. The van der Waals surface area contributed by atoms with Crippen LogP contribution >= 0.6 is 23.2 Å². The van der Waals surface area contributed by atoms with Crippen LogP contribution in [-0.4, -0.2) is 25.5 Å². The van der Waals surface area contributed by atoms with Gasteiger partial charge in [0.1, 0.15) is 0 Å². The fourth-order valence-corrected chi connectivity index (χ4v) is 4.42. The lowest BCUT2D eigenvalue weighted by atomic mass is 9.85. The summed E-state index contributed by atoms with van der Waals surface area (Å²) in [6, 6.07) is 10.3. The molecule has 1 saturated carbocycles. The minimum atomic E-state index is -2.53. The van der Waals surface area contributed by atoms with Crippen LogP contribution in [-0.2, 0) is 4.79 Å². The van der Waals surface area contributed by atoms with Gasteiger partial charge in [-0.1, -0.05) is 35.3 Å². The number of rotatable bonds is 10. The van der Waals surface area contributed by atoms with Crippen molar-refractivity contribution in [1.82, 2.24) is 0 Å². The number of methoxy groups -OCH3 is 1. The molecular formula is C26H29Cl2F2NO3. The Hall–Kier alpha value is -2.31. The first-order valence-electron chi connectivity index (χ1n) is 11.3. The van der Waals surface area contributed by atoms with Gasteiger partial charge in [-0.05, 0) is 61.4 Å². The number of halogens is 4. The van der Waals surface area contributed by atoms with Crippen LogP contribution < -0.4 is 14.8 Å². The number of hydrogen-bond donors (Lipinski definition) is 1. The number of allylic oxidation sites excluding steroid dienone is 1. The Bertz CT molecular complexity index is 1010. The molecule has 0 heterocycles. The van der Waals surface area contributed by atoms with Crippen molar-refractivity contribution in [2.75, 3.05) is 19.0 Å². The van der Waals surface area contributed by atoms with Gasteiger partial charge in [0.2, 0.25) is 11.8 Å². The number of carbonyl (C=O) groups is 1. The highest BCUT2D eigenvalue weighted by molar-refractivity contribution is 6.42. The summed E-state index contributed by atoms with van der Waals surface area (Å²) in [5.74, 6) is -2.02. The molecule has 4 nitrogen and oxygen atoms in total. The van der Waals surface area contributed by atoms with E-state index in [1.807, 2.05) is 0 Å². The average molecular weight is 512 g/mol. The van der Waals surface area contributed by atoms with Gasteiger partial charge in [-0.3, -0.25) is 4.79 Å². The highest BCUT2D eigenvalue weighted by atomic mass is 35.5. The Labute approximate surface area is 209 Å². The predicted molar refractivity (Wildman–Crippen MR) is 133 cm³/mol. The lowest BCUT2D eigenvalue weighted by molar-refractivity contribution is -0.117. The van der Waals surface area contributed by atoms with Crippen LogP contribution in [0.15, 0.2) is 49.1 Å². The molecular weight excluding hydrogens is 483 g/mol. The smallest absolute Gasteiger partial charge is 0.248 e. The van der Waals surface area contributed by atoms with E-state index in [2.05, 4.69) is 11.9 Å². The van der Waals surface area contributed by atoms with E-state index < -0.39 is 11.8 Å². The normalized spacial score (nSPS) is 16.5.